The van der Waals surface area contributed by atoms with Crippen LogP contribution >= 0.6 is 18.9 Å². The highest BCUT2D eigenvalue weighted by molar-refractivity contribution is 7.99. The molecular weight excluding hydrogens is 730 g/mol. The Morgan fingerprint density at radius 1 is 0.421 bits per heavy atom. The number of benzene rings is 9. The molecule has 2 heterocycles. The van der Waals surface area contributed by atoms with E-state index >= 15 is 4.57 Å². The van der Waals surface area contributed by atoms with Crippen molar-refractivity contribution >= 4 is 67.4 Å². The molecule has 0 unspecified atom stereocenters. The van der Waals surface area contributed by atoms with Crippen LogP contribution in [-0.2, 0) is 9.98 Å². The van der Waals surface area contributed by atoms with Gasteiger partial charge in [-0.3, -0.25) is 0 Å². The van der Waals surface area contributed by atoms with Crippen molar-refractivity contribution in [2.75, 3.05) is 0 Å². The summed E-state index contributed by atoms with van der Waals surface area (Å²) in [6, 6.07) is 73.6. The Morgan fingerprint density at radius 2 is 0.982 bits per heavy atom. The van der Waals surface area contributed by atoms with Crippen molar-refractivity contribution < 1.29 is 4.57 Å². The average Bonchev–Trinajstić information content (AvgIpc) is 3.77. The van der Waals surface area contributed by atoms with Gasteiger partial charge in [0.05, 0.1) is 16.4 Å². The minimum atomic E-state index is -3.14. The van der Waals surface area contributed by atoms with Gasteiger partial charge in [0.15, 0.2) is 7.14 Å². The Labute approximate surface area is 335 Å². The molecule has 1 aliphatic heterocycles. The van der Waals surface area contributed by atoms with Gasteiger partial charge in [0.2, 0.25) is 0 Å². The summed E-state index contributed by atoms with van der Waals surface area (Å²) in [5.41, 5.74) is 10.9. The van der Waals surface area contributed by atoms with Gasteiger partial charge in [-0.15, -0.1) is 0 Å². The summed E-state index contributed by atoms with van der Waals surface area (Å²) >= 11 is 1.88. The van der Waals surface area contributed by atoms with E-state index in [0.717, 1.165) is 27.1 Å². The Kier molecular flexibility index (Phi) is 7.09. The van der Waals surface area contributed by atoms with Gasteiger partial charge in [-0.2, -0.15) is 0 Å². The predicted molar refractivity (Wildman–Crippen MR) is 239 cm³/mol. The number of aromatic nitrogens is 1. The Bertz CT molecular complexity index is 3210. The first-order chi connectivity index (χ1) is 28.2. The molecule has 1 aromatic heterocycles. The van der Waals surface area contributed by atoms with Crippen LogP contribution in [0.3, 0.4) is 0 Å². The second-order valence-electron chi connectivity index (χ2n) is 15.1. The molecule has 12 rings (SSSR count). The summed E-state index contributed by atoms with van der Waals surface area (Å²) < 4.78 is 17.8. The summed E-state index contributed by atoms with van der Waals surface area (Å²) in [4.78, 5) is 2.54. The van der Waals surface area contributed by atoms with Crippen molar-refractivity contribution in [1.29, 1.82) is 0 Å². The zero-order valence-electron chi connectivity index (χ0n) is 30.8. The lowest BCUT2D eigenvalue weighted by Gasteiger charge is -2.39. The molecule has 57 heavy (non-hydrogen) atoms. The van der Waals surface area contributed by atoms with Gasteiger partial charge < -0.3 is 9.13 Å². The average molecular weight is 764 g/mol. The fourth-order valence-electron chi connectivity index (χ4n) is 9.93. The molecule has 2 nitrogen and oxygen atoms in total. The van der Waals surface area contributed by atoms with E-state index in [1.54, 1.807) is 0 Å². The minimum Gasteiger partial charge on any atom is -0.309 e. The molecule has 0 amide bonds. The molecule has 4 heteroatoms. The number of nitrogens with zero attached hydrogens (tertiary/aromatic N) is 1. The molecule has 0 bridgehead atoms. The lowest BCUT2D eigenvalue weighted by atomic mass is 9.67. The predicted octanol–water partition coefficient (Wildman–Crippen LogP) is 12.4. The maximum Gasteiger partial charge on any atom is 0.171 e. The van der Waals surface area contributed by atoms with E-state index in [9.17, 15) is 0 Å². The van der Waals surface area contributed by atoms with Gasteiger partial charge in [-0.05, 0) is 81.2 Å². The summed E-state index contributed by atoms with van der Waals surface area (Å²) in [5, 5.41) is 7.32. The maximum atomic E-state index is 15.4. The summed E-state index contributed by atoms with van der Waals surface area (Å²) in [6.45, 7) is 0. The molecule has 9 aromatic carbocycles. The Hall–Kier alpha value is -6.38. The van der Waals surface area contributed by atoms with Crippen LogP contribution in [-0.4, -0.2) is 4.57 Å². The van der Waals surface area contributed by atoms with Crippen molar-refractivity contribution in [2.45, 2.75) is 15.2 Å². The molecule has 268 valence electrons. The topological polar surface area (TPSA) is 22.0 Å². The first-order valence-electron chi connectivity index (χ1n) is 19.4. The number of hydrogen-bond donors (Lipinski definition) is 0. The van der Waals surface area contributed by atoms with Crippen molar-refractivity contribution in [2.24, 2.45) is 0 Å². The van der Waals surface area contributed by atoms with E-state index in [-0.39, 0.29) is 0 Å². The third-order valence-electron chi connectivity index (χ3n) is 12.3. The number of fused-ring (bicyclic) bond motifs is 14. The lowest BCUT2D eigenvalue weighted by Crippen LogP contribution is -2.31. The summed E-state index contributed by atoms with van der Waals surface area (Å²) in [6.07, 6.45) is 0. The summed E-state index contributed by atoms with van der Waals surface area (Å²) in [7, 11) is -3.14. The van der Waals surface area contributed by atoms with E-state index in [1.165, 1.54) is 70.2 Å². The molecule has 0 N–H and O–H groups in total. The largest absolute Gasteiger partial charge is 0.309 e. The quantitative estimate of drug-likeness (QED) is 0.167. The van der Waals surface area contributed by atoms with E-state index in [1.807, 2.05) is 72.4 Å². The fraction of sp³-hybridized carbons (Fsp3) is 0.0189. The molecule has 0 radical (unpaired) electrons. The van der Waals surface area contributed by atoms with Crippen LogP contribution in [0.25, 0.3) is 49.4 Å². The molecule has 0 atom stereocenters. The van der Waals surface area contributed by atoms with Gasteiger partial charge in [0.25, 0.3) is 0 Å². The first-order valence-corrected chi connectivity index (χ1v) is 22.0. The second kappa shape index (κ2) is 12.3. The monoisotopic (exact) mass is 763 g/mol. The highest BCUT2D eigenvalue weighted by Gasteiger charge is 2.50. The van der Waals surface area contributed by atoms with Gasteiger partial charge in [-0.1, -0.05) is 176 Å². The maximum absolute atomic E-state index is 15.4. The highest BCUT2D eigenvalue weighted by Crippen LogP contribution is 2.62. The van der Waals surface area contributed by atoms with Crippen LogP contribution < -0.4 is 15.9 Å². The van der Waals surface area contributed by atoms with E-state index in [4.69, 9.17) is 0 Å². The molecule has 2 aliphatic rings. The molecular formula is C53H34NOPS. The van der Waals surface area contributed by atoms with Crippen LogP contribution in [0.5, 0.6) is 0 Å². The zero-order chi connectivity index (χ0) is 37.7. The minimum absolute atomic E-state index is 0.457. The first kappa shape index (κ1) is 32.8. The van der Waals surface area contributed by atoms with Gasteiger partial charge in [0.1, 0.15) is 0 Å². The molecule has 1 aliphatic carbocycles. The fourth-order valence-corrected chi connectivity index (χ4v) is 13.8. The van der Waals surface area contributed by atoms with Crippen molar-refractivity contribution in [3.05, 3.63) is 229 Å². The van der Waals surface area contributed by atoms with E-state index in [0.29, 0.717) is 0 Å². The Morgan fingerprint density at radius 3 is 1.67 bits per heavy atom. The SMILES string of the molecule is O=P(c1ccccc1)(c1ccccc1)c1ccc(-n2c3cc4c(cc3c3ccc5ccccc5c32)C2(c3ccccc3S4)c3ccccc3-c3ccccc32)cc1. The smallest absolute Gasteiger partial charge is 0.171 e. The number of rotatable bonds is 4. The van der Waals surface area contributed by atoms with Crippen molar-refractivity contribution in [3.63, 3.8) is 0 Å². The van der Waals surface area contributed by atoms with Crippen molar-refractivity contribution in [1.82, 2.24) is 4.57 Å². The van der Waals surface area contributed by atoms with Crippen LogP contribution in [0.15, 0.2) is 216 Å². The molecule has 10 aromatic rings. The zero-order valence-corrected chi connectivity index (χ0v) is 32.6. The van der Waals surface area contributed by atoms with E-state index in [2.05, 4.69) is 150 Å². The Balaban J connectivity index is 1.15. The molecule has 1 spiro atoms. The molecule has 0 saturated heterocycles. The summed E-state index contributed by atoms with van der Waals surface area (Å²) in [5.74, 6) is 0. The molecule has 0 saturated carbocycles. The highest BCUT2D eigenvalue weighted by atomic mass is 32.2. The van der Waals surface area contributed by atoms with Gasteiger partial charge >= 0.3 is 0 Å². The lowest BCUT2D eigenvalue weighted by molar-refractivity contribution is 0.592. The van der Waals surface area contributed by atoms with Crippen LogP contribution in [0, 0.1) is 0 Å². The normalized spacial score (nSPS) is 13.8. The standard InChI is InChI=1S/C53H34NOPS/c55-56(37-16-3-1-4-17-37,38-18-5-2-6-19-38)39-30-28-36(29-31-39)54-49-34-51-48(33-44(49)43-32-27-35-15-7-8-20-40(35)52(43)54)53(47-25-13-14-26-50(47)57-51)45-23-11-9-21-41(45)42-22-10-12-24-46(42)53/h1-34H. The second-order valence-corrected chi connectivity index (χ2v) is 19.0. The molecule has 0 fully saturated rings. The third-order valence-corrected chi connectivity index (χ3v) is 16.5. The van der Waals surface area contributed by atoms with Crippen LogP contribution in [0.4, 0.5) is 0 Å². The number of hydrogen-bond acceptors (Lipinski definition) is 2. The van der Waals surface area contributed by atoms with Crippen molar-refractivity contribution in [3.8, 4) is 16.8 Å². The van der Waals surface area contributed by atoms with Crippen LogP contribution in [0.2, 0.25) is 0 Å². The van der Waals surface area contributed by atoms with Crippen LogP contribution in [0.1, 0.15) is 22.3 Å². The van der Waals surface area contributed by atoms with Gasteiger partial charge in [0, 0.05) is 47.6 Å². The van der Waals surface area contributed by atoms with Gasteiger partial charge in [-0.25, -0.2) is 0 Å². The third kappa shape index (κ3) is 4.47. The van der Waals surface area contributed by atoms with E-state index < -0.39 is 12.6 Å².